The molecular weight excluding hydrogens is 419 g/mol. The average molecular weight is 432 g/mol. The Kier molecular flexibility index (Phi) is 5.55. The number of nitrogens with zero attached hydrogens (tertiary/aromatic N) is 2. The van der Waals surface area contributed by atoms with Gasteiger partial charge in [0.25, 0.3) is 0 Å². The summed E-state index contributed by atoms with van der Waals surface area (Å²) in [6, 6.07) is 23.0. The molecule has 1 aliphatic rings. The molecule has 0 saturated carbocycles. The van der Waals surface area contributed by atoms with Gasteiger partial charge in [0.1, 0.15) is 10.1 Å². The zero-order chi connectivity index (χ0) is 18.8. The van der Waals surface area contributed by atoms with E-state index in [-0.39, 0.29) is 6.17 Å². The highest BCUT2D eigenvalue weighted by Crippen LogP contribution is 2.33. The van der Waals surface area contributed by atoms with Crippen LogP contribution >= 0.6 is 46.6 Å². The fourth-order valence-corrected chi connectivity index (χ4v) is 4.01. The van der Waals surface area contributed by atoms with E-state index in [2.05, 4.69) is 0 Å². The summed E-state index contributed by atoms with van der Waals surface area (Å²) in [4.78, 5) is 9.71. The van der Waals surface area contributed by atoms with Gasteiger partial charge in [0.15, 0.2) is 6.17 Å². The van der Waals surface area contributed by atoms with E-state index in [1.165, 1.54) is 11.8 Å². The van der Waals surface area contributed by atoms with E-state index in [1.807, 2.05) is 72.8 Å². The number of aliphatic imine (C=N–C) groups is 2. The van der Waals surface area contributed by atoms with Gasteiger partial charge in [-0.2, -0.15) is 0 Å². The number of rotatable bonds is 3. The maximum absolute atomic E-state index is 6.03. The number of benzene rings is 3. The first-order chi connectivity index (χ1) is 13.1. The van der Waals surface area contributed by atoms with Gasteiger partial charge in [0.2, 0.25) is 0 Å². The Balaban J connectivity index is 1.76. The van der Waals surface area contributed by atoms with Crippen molar-refractivity contribution in [1.29, 1.82) is 0 Å². The molecule has 0 fully saturated rings. The second kappa shape index (κ2) is 8.07. The standard InChI is InChI=1S/C21H13Cl3N2S/c22-16-7-1-13(2-8-16)19-25-20(14-3-9-17(23)10-4-14)27-21(26-19)15-5-11-18(24)12-6-15/h1-12,19H. The molecule has 1 heterocycles. The summed E-state index contributed by atoms with van der Waals surface area (Å²) >= 11 is 19.6. The quantitative estimate of drug-likeness (QED) is 0.427. The molecule has 2 nitrogen and oxygen atoms in total. The predicted octanol–water partition coefficient (Wildman–Crippen LogP) is 7.29. The molecule has 0 bridgehead atoms. The fraction of sp³-hybridized carbons (Fsp3) is 0.0476. The predicted molar refractivity (Wildman–Crippen MR) is 118 cm³/mol. The van der Waals surface area contributed by atoms with Gasteiger partial charge in [-0.1, -0.05) is 71.2 Å². The SMILES string of the molecule is Clc1ccc(C2=NC(c3ccc(Cl)cc3)N=C(c3ccc(Cl)cc3)S2)cc1. The third-order valence-electron chi connectivity index (χ3n) is 4.02. The maximum Gasteiger partial charge on any atom is 0.167 e. The molecule has 0 radical (unpaired) electrons. The molecule has 0 aliphatic carbocycles. The van der Waals surface area contributed by atoms with Crippen LogP contribution in [-0.4, -0.2) is 10.1 Å². The summed E-state index contributed by atoms with van der Waals surface area (Å²) in [5.41, 5.74) is 2.99. The monoisotopic (exact) mass is 430 g/mol. The van der Waals surface area contributed by atoms with E-state index in [9.17, 15) is 0 Å². The van der Waals surface area contributed by atoms with Crippen LogP contribution in [0.5, 0.6) is 0 Å². The van der Waals surface area contributed by atoms with Crippen LogP contribution in [0, 0.1) is 0 Å². The number of halogens is 3. The van der Waals surface area contributed by atoms with E-state index >= 15 is 0 Å². The molecule has 0 atom stereocenters. The second-order valence-electron chi connectivity index (χ2n) is 5.91. The minimum atomic E-state index is -0.333. The summed E-state index contributed by atoms with van der Waals surface area (Å²) < 4.78 is 0. The van der Waals surface area contributed by atoms with E-state index < -0.39 is 0 Å². The molecule has 0 saturated heterocycles. The van der Waals surface area contributed by atoms with Gasteiger partial charge in [0.05, 0.1) is 0 Å². The molecule has 1 aliphatic heterocycles. The summed E-state index contributed by atoms with van der Waals surface area (Å²) in [6.45, 7) is 0. The van der Waals surface area contributed by atoms with Crippen LogP contribution in [0.1, 0.15) is 22.9 Å². The molecule has 6 heteroatoms. The smallest absolute Gasteiger partial charge is 0.167 e. The lowest BCUT2D eigenvalue weighted by Gasteiger charge is -2.20. The highest BCUT2D eigenvalue weighted by atomic mass is 35.5. The zero-order valence-electron chi connectivity index (χ0n) is 13.9. The summed E-state index contributed by atoms with van der Waals surface area (Å²) in [5.74, 6) is 0. The summed E-state index contributed by atoms with van der Waals surface area (Å²) in [7, 11) is 0. The Hall–Kier alpha value is -1.78. The zero-order valence-corrected chi connectivity index (χ0v) is 17.0. The number of thioether (sulfide) groups is 1. The largest absolute Gasteiger partial charge is 0.246 e. The van der Waals surface area contributed by atoms with Crippen molar-refractivity contribution in [1.82, 2.24) is 0 Å². The van der Waals surface area contributed by atoms with E-state index in [1.54, 1.807) is 0 Å². The van der Waals surface area contributed by atoms with Crippen molar-refractivity contribution in [2.24, 2.45) is 9.98 Å². The normalized spacial score (nSPS) is 14.6. The molecule has 134 valence electrons. The third kappa shape index (κ3) is 4.39. The lowest BCUT2D eigenvalue weighted by molar-refractivity contribution is 0.783. The lowest BCUT2D eigenvalue weighted by atomic mass is 10.1. The molecular formula is C21H13Cl3N2S. The molecule has 3 aromatic rings. The minimum absolute atomic E-state index is 0.333. The van der Waals surface area contributed by atoms with Crippen LogP contribution < -0.4 is 0 Å². The van der Waals surface area contributed by atoms with Crippen molar-refractivity contribution < 1.29 is 0 Å². The molecule has 27 heavy (non-hydrogen) atoms. The van der Waals surface area contributed by atoms with Gasteiger partial charge in [0, 0.05) is 26.2 Å². The van der Waals surface area contributed by atoms with Gasteiger partial charge in [-0.15, -0.1) is 0 Å². The third-order valence-corrected chi connectivity index (χ3v) is 5.85. The van der Waals surface area contributed by atoms with Crippen LogP contribution in [0.25, 0.3) is 0 Å². The van der Waals surface area contributed by atoms with Crippen LogP contribution in [0.4, 0.5) is 0 Å². The van der Waals surface area contributed by atoms with Crippen molar-refractivity contribution in [2.45, 2.75) is 6.17 Å². The number of hydrogen-bond donors (Lipinski definition) is 0. The average Bonchev–Trinajstić information content (AvgIpc) is 2.69. The Labute approximate surface area is 176 Å². The molecule has 0 spiro atoms. The van der Waals surface area contributed by atoms with Crippen LogP contribution in [0.15, 0.2) is 82.8 Å². The highest BCUT2D eigenvalue weighted by Gasteiger charge is 2.22. The first-order valence-corrected chi connectivity index (χ1v) is 10.1. The topological polar surface area (TPSA) is 24.7 Å². The van der Waals surface area contributed by atoms with Crippen LogP contribution in [0.2, 0.25) is 15.1 Å². The Bertz CT molecular complexity index is 949. The van der Waals surface area contributed by atoms with Crippen molar-refractivity contribution >= 4 is 56.7 Å². The Morgan fingerprint density at radius 3 is 1.33 bits per heavy atom. The highest BCUT2D eigenvalue weighted by molar-refractivity contribution is 8.27. The van der Waals surface area contributed by atoms with Crippen LogP contribution in [-0.2, 0) is 0 Å². The first-order valence-electron chi connectivity index (χ1n) is 8.19. The van der Waals surface area contributed by atoms with Crippen LogP contribution in [0.3, 0.4) is 0 Å². The Morgan fingerprint density at radius 2 is 0.926 bits per heavy atom. The molecule has 0 N–H and O–H groups in total. The van der Waals surface area contributed by atoms with Gasteiger partial charge in [-0.05, 0) is 53.7 Å². The summed E-state index contributed by atoms with van der Waals surface area (Å²) in [5, 5.41) is 3.87. The fourth-order valence-electron chi connectivity index (χ4n) is 2.63. The number of hydrogen-bond acceptors (Lipinski definition) is 3. The Morgan fingerprint density at radius 1 is 0.556 bits per heavy atom. The van der Waals surface area contributed by atoms with Gasteiger partial charge < -0.3 is 0 Å². The van der Waals surface area contributed by atoms with Crippen molar-refractivity contribution in [2.75, 3.05) is 0 Å². The lowest BCUT2D eigenvalue weighted by Crippen LogP contribution is -2.12. The van der Waals surface area contributed by atoms with Gasteiger partial charge >= 0.3 is 0 Å². The maximum atomic E-state index is 6.03. The van der Waals surface area contributed by atoms with Crippen molar-refractivity contribution in [3.05, 3.63) is 105 Å². The van der Waals surface area contributed by atoms with E-state index in [0.717, 1.165) is 26.8 Å². The molecule has 4 rings (SSSR count). The van der Waals surface area contributed by atoms with E-state index in [0.29, 0.717) is 15.1 Å². The molecule has 0 aromatic heterocycles. The second-order valence-corrected chi connectivity index (χ2v) is 8.20. The van der Waals surface area contributed by atoms with Crippen molar-refractivity contribution in [3.63, 3.8) is 0 Å². The molecule has 0 unspecified atom stereocenters. The summed E-state index contributed by atoms with van der Waals surface area (Å²) in [6.07, 6.45) is -0.333. The first kappa shape index (κ1) is 18.6. The van der Waals surface area contributed by atoms with Gasteiger partial charge in [-0.25, -0.2) is 9.98 Å². The molecule has 0 amide bonds. The molecule has 3 aromatic carbocycles. The van der Waals surface area contributed by atoms with E-state index in [4.69, 9.17) is 44.8 Å². The van der Waals surface area contributed by atoms with Gasteiger partial charge in [-0.3, -0.25) is 0 Å². The minimum Gasteiger partial charge on any atom is -0.246 e. The van der Waals surface area contributed by atoms with Crippen molar-refractivity contribution in [3.8, 4) is 0 Å².